The van der Waals surface area contributed by atoms with E-state index < -0.39 is 0 Å². The first-order valence-corrected chi connectivity index (χ1v) is 5.12. The molecule has 0 bridgehead atoms. The van der Waals surface area contributed by atoms with Gasteiger partial charge >= 0.3 is 0 Å². The van der Waals surface area contributed by atoms with Crippen LogP contribution in [0.3, 0.4) is 0 Å². The molecular weight excluding hydrogens is 220 g/mol. The lowest BCUT2D eigenvalue weighted by atomic mass is 10.3. The summed E-state index contributed by atoms with van der Waals surface area (Å²) in [4.78, 5) is 8.08. The van der Waals surface area contributed by atoms with E-state index in [1.165, 1.54) is 12.7 Å². The van der Waals surface area contributed by atoms with Crippen LogP contribution in [0.25, 0.3) is 5.65 Å². The van der Waals surface area contributed by atoms with Crippen molar-refractivity contribution in [3.8, 4) is 0 Å². The van der Waals surface area contributed by atoms with Crippen LogP contribution in [0.1, 0.15) is 11.4 Å². The van der Waals surface area contributed by atoms with Gasteiger partial charge in [-0.25, -0.2) is 4.98 Å². The smallest absolute Gasteiger partial charge is 0.213 e. The molecule has 0 saturated heterocycles. The fourth-order valence-corrected chi connectivity index (χ4v) is 1.62. The average Bonchev–Trinajstić information content (AvgIpc) is 2.95. The number of rotatable bonds is 3. The molecule has 0 saturated carbocycles. The number of aromatic nitrogens is 5. The number of hydrogen-bond donors (Lipinski definition) is 1. The Labute approximate surface area is 96.5 Å². The molecule has 86 valence electrons. The summed E-state index contributed by atoms with van der Waals surface area (Å²) < 4.78 is 6.39. The van der Waals surface area contributed by atoms with Crippen LogP contribution in [0, 0.1) is 6.92 Å². The fraction of sp³-hybridized carbons (Fsp3) is 0.200. The molecule has 0 spiro atoms. The van der Waals surface area contributed by atoms with Crippen molar-refractivity contribution < 1.29 is 4.52 Å². The van der Waals surface area contributed by atoms with Gasteiger partial charge in [0.25, 0.3) is 0 Å². The molecule has 3 aromatic heterocycles. The predicted octanol–water partition coefficient (Wildman–Crippen LogP) is 1.03. The van der Waals surface area contributed by atoms with Crippen molar-refractivity contribution in [2.45, 2.75) is 13.5 Å². The van der Waals surface area contributed by atoms with Gasteiger partial charge in [0, 0.05) is 0 Å². The average molecular weight is 230 g/mol. The summed E-state index contributed by atoms with van der Waals surface area (Å²) in [6.45, 7) is 2.49. The Kier molecular flexibility index (Phi) is 2.21. The van der Waals surface area contributed by atoms with Gasteiger partial charge in [-0.15, -0.1) is 0 Å². The van der Waals surface area contributed by atoms with Gasteiger partial charge in [-0.05, 0) is 24.6 Å². The Morgan fingerprint density at radius 3 is 3.12 bits per heavy atom. The molecule has 3 rings (SSSR count). The lowest BCUT2D eigenvalue weighted by Crippen LogP contribution is -2.06. The second-order valence-corrected chi connectivity index (χ2v) is 3.65. The zero-order valence-electron chi connectivity index (χ0n) is 9.16. The van der Waals surface area contributed by atoms with E-state index in [0.717, 1.165) is 17.0 Å². The van der Waals surface area contributed by atoms with Crippen LogP contribution in [0.4, 0.5) is 5.82 Å². The number of anilines is 1. The zero-order chi connectivity index (χ0) is 11.7. The molecule has 0 fully saturated rings. The third-order valence-electron chi connectivity index (χ3n) is 2.36. The maximum Gasteiger partial charge on any atom is 0.213 e. The van der Waals surface area contributed by atoms with Gasteiger partial charge in [0.2, 0.25) is 6.39 Å². The van der Waals surface area contributed by atoms with E-state index >= 15 is 0 Å². The molecule has 0 aromatic carbocycles. The fourth-order valence-electron chi connectivity index (χ4n) is 1.62. The molecule has 0 radical (unpaired) electrons. The first-order valence-electron chi connectivity index (χ1n) is 5.12. The molecule has 17 heavy (non-hydrogen) atoms. The highest BCUT2D eigenvalue weighted by atomic mass is 16.5. The Hall–Kier alpha value is -2.44. The summed E-state index contributed by atoms with van der Waals surface area (Å²) in [5.74, 6) is 1.45. The molecule has 1 N–H and O–H groups in total. The van der Waals surface area contributed by atoms with Crippen molar-refractivity contribution in [2.75, 3.05) is 5.32 Å². The minimum absolute atomic E-state index is 0.481. The lowest BCUT2D eigenvalue weighted by Gasteiger charge is -2.06. The van der Waals surface area contributed by atoms with Gasteiger partial charge in [-0.1, -0.05) is 5.16 Å². The van der Waals surface area contributed by atoms with Crippen LogP contribution < -0.4 is 5.32 Å². The van der Waals surface area contributed by atoms with Gasteiger partial charge in [0.05, 0.1) is 6.54 Å². The summed E-state index contributed by atoms with van der Waals surface area (Å²) in [5, 5.41) is 11.1. The zero-order valence-corrected chi connectivity index (χ0v) is 9.16. The quantitative estimate of drug-likeness (QED) is 0.723. The number of pyridine rings is 1. The molecule has 0 aliphatic rings. The van der Waals surface area contributed by atoms with Crippen LogP contribution in [0.2, 0.25) is 0 Å². The normalized spacial score (nSPS) is 10.9. The summed E-state index contributed by atoms with van der Waals surface area (Å²) >= 11 is 0. The largest absolute Gasteiger partial charge is 0.363 e. The number of nitrogens with zero attached hydrogens (tertiary/aromatic N) is 5. The van der Waals surface area contributed by atoms with E-state index in [9.17, 15) is 0 Å². The van der Waals surface area contributed by atoms with Gasteiger partial charge in [0.15, 0.2) is 11.5 Å². The molecule has 7 heteroatoms. The summed E-state index contributed by atoms with van der Waals surface area (Å²) in [6.07, 6.45) is 2.83. The predicted molar refractivity (Wildman–Crippen MR) is 59.3 cm³/mol. The number of hydrogen-bond acceptors (Lipinski definition) is 6. The molecular formula is C10H10N6O. The second-order valence-electron chi connectivity index (χ2n) is 3.65. The summed E-state index contributed by atoms with van der Waals surface area (Å²) in [6, 6.07) is 3.95. The van der Waals surface area contributed by atoms with Crippen molar-refractivity contribution >= 4 is 11.5 Å². The standard InChI is InChI=1S/C10H10N6O/c1-7-2-9(11-4-8-13-6-17-15-8)16-10(3-7)12-5-14-16/h2-3,5-6,11H,4H2,1H3. The van der Waals surface area contributed by atoms with Gasteiger partial charge in [0.1, 0.15) is 12.1 Å². The Morgan fingerprint density at radius 1 is 1.35 bits per heavy atom. The third-order valence-corrected chi connectivity index (χ3v) is 2.36. The molecule has 0 aliphatic carbocycles. The van der Waals surface area contributed by atoms with E-state index in [4.69, 9.17) is 0 Å². The Morgan fingerprint density at radius 2 is 2.29 bits per heavy atom. The van der Waals surface area contributed by atoms with Gasteiger partial charge in [-0.2, -0.15) is 14.6 Å². The highest BCUT2D eigenvalue weighted by molar-refractivity contribution is 5.51. The number of fused-ring (bicyclic) bond motifs is 1. The van der Waals surface area contributed by atoms with E-state index in [1.807, 2.05) is 19.1 Å². The van der Waals surface area contributed by atoms with Crippen LogP contribution in [0.15, 0.2) is 29.4 Å². The van der Waals surface area contributed by atoms with E-state index in [1.54, 1.807) is 4.52 Å². The van der Waals surface area contributed by atoms with Crippen LogP contribution in [-0.2, 0) is 6.54 Å². The molecule has 0 unspecified atom stereocenters. The number of nitrogens with one attached hydrogen (secondary N) is 1. The maximum absolute atomic E-state index is 4.66. The van der Waals surface area contributed by atoms with Crippen molar-refractivity contribution in [1.29, 1.82) is 0 Å². The van der Waals surface area contributed by atoms with Crippen molar-refractivity contribution in [3.63, 3.8) is 0 Å². The van der Waals surface area contributed by atoms with Crippen LogP contribution >= 0.6 is 0 Å². The van der Waals surface area contributed by atoms with E-state index in [-0.39, 0.29) is 0 Å². The Balaban J connectivity index is 1.91. The van der Waals surface area contributed by atoms with Crippen LogP contribution in [0.5, 0.6) is 0 Å². The summed E-state index contributed by atoms with van der Waals surface area (Å²) in [5.41, 5.74) is 1.92. The molecule has 0 atom stereocenters. The molecule has 3 aromatic rings. The van der Waals surface area contributed by atoms with Crippen molar-refractivity contribution in [1.82, 2.24) is 24.7 Å². The molecule has 7 nitrogen and oxygen atoms in total. The van der Waals surface area contributed by atoms with Gasteiger partial charge < -0.3 is 9.84 Å². The van der Waals surface area contributed by atoms with Crippen molar-refractivity contribution in [2.24, 2.45) is 0 Å². The van der Waals surface area contributed by atoms with Crippen LogP contribution in [-0.4, -0.2) is 24.7 Å². The third kappa shape index (κ3) is 1.82. The molecule has 0 amide bonds. The minimum atomic E-state index is 0.481. The van der Waals surface area contributed by atoms with Gasteiger partial charge in [-0.3, -0.25) is 0 Å². The SMILES string of the molecule is Cc1cc(NCc2ncon2)n2ncnc2c1. The highest BCUT2D eigenvalue weighted by Gasteiger charge is 2.05. The monoisotopic (exact) mass is 230 g/mol. The first kappa shape index (κ1) is 9.76. The summed E-state index contributed by atoms with van der Waals surface area (Å²) in [7, 11) is 0. The first-order chi connectivity index (χ1) is 8.33. The maximum atomic E-state index is 4.66. The topological polar surface area (TPSA) is 81.1 Å². The highest BCUT2D eigenvalue weighted by Crippen LogP contribution is 2.13. The molecule has 0 aliphatic heterocycles. The lowest BCUT2D eigenvalue weighted by molar-refractivity contribution is 0.411. The molecule has 3 heterocycles. The second kappa shape index (κ2) is 3.85. The Bertz CT molecular complexity index is 629. The van der Waals surface area contributed by atoms with E-state index in [2.05, 4.69) is 30.1 Å². The minimum Gasteiger partial charge on any atom is -0.363 e. The van der Waals surface area contributed by atoms with E-state index in [0.29, 0.717) is 12.4 Å². The number of aryl methyl sites for hydroxylation is 1. The van der Waals surface area contributed by atoms with Crippen molar-refractivity contribution in [3.05, 3.63) is 36.2 Å².